The zero-order valence-corrected chi connectivity index (χ0v) is 13.0. The lowest BCUT2D eigenvalue weighted by atomic mass is 9.93. The summed E-state index contributed by atoms with van der Waals surface area (Å²) in [5.74, 6) is 0.307. The molecule has 120 valence electrons. The molecular weight excluding hydrogens is 278 g/mol. The predicted molar refractivity (Wildman–Crippen MR) is 86.9 cm³/mol. The molecule has 0 bridgehead atoms. The Morgan fingerprint density at radius 3 is 2.73 bits per heavy atom. The maximum Gasteiger partial charge on any atom is 0.222 e. The molecule has 0 aliphatic carbocycles. The molecule has 0 aromatic heterocycles. The third-order valence-corrected chi connectivity index (χ3v) is 4.33. The second-order valence-electron chi connectivity index (χ2n) is 6.05. The van der Waals surface area contributed by atoms with Gasteiger partial charge in [-0.2, -0.15) is 0 Å². The zero-order valence-electron chi connectivity index (χ0n) is 13.0. The van der Waals surface area contributed by atoms with Gasteiger partial charge < -0.3 is 16.4 Å². The van der Waals surface area contributed by atoms with E-state index < -0.39 is 0 Å². The van der Waals surface area contributed by atoms with Crippen LogP contribution in [0.2, 0.25) is 0 Å². The van der Waals surface area contributed by atoms with Gasteiger partial charge in [-0.1, -0.05) is 18.2 Å². The number of primary amides is 1. The van der Waals surface area contributed by atoms with Gasteiger partial charge in [0.2, 0.25) is 11.8 Å². The first-order valence-corrected chi connectivity index (χ1v) is 7.95. The number of benzene rings is 1. The van der Waals surface area contributed by atoms with Crippen LogP contribution >= 0.6 is 0 Å². The number of piperidine rings is 1. The molecule has 1 saturated heterocycles. The summed E-state index contributed by atoms with van der Waals surface area (Å²) in [6.07, 6.45) is 4.42. The highest BCUT2D eigenvalue weighted by molar-refractivity contribution is 5.77. The van der Waals surface area contributed by atoms with Gasteiger partial charge in [-0.05, 0) is 43.2 Å². The number of nitrogen functional groups attached to an aromatic ring is 1. The number of carbonyl (C=O) groups excluding carboxylic acids is 2. The molecule has 0 radical (unpaired) electrons. The topological polar surface area (TPSA) is 89.4 Å². The van der Waals surface area contributed by atoms with Crippen LogP contribution in [0.25, 0.3) is 0 Å². The number of nitrogens with zero attached hydrogens (tertiary/aromatic N) is 1. The van der Waals surface area contributed by atoms with Gasteiger partial charge >= 0.3 is 0 Å². The van der Waals surface area contributed by atoms with Crippen molar-refractivity contribution < 1.29 is 9.59 Å². The number of carbonyl (C=O) groups is 2. The Balaban J connectivity index is 1.81. The molecule has 2 rings (SSSR count). The fourth-order valence-corrected chi connectivity index (χ4v) is 3.04. The Labute approximate surface area is 131 Å². The van der Waals surface area contributed by atoms with Gasteiger partial charge in [-0.15, -0.1) is 0 Å². The average molecular weight is 303 g/mol. The first-order chi connectivity index (χ1) is 10.6. The highest BCUT2D eigenvalue weighted by atomic mass is 16.2. The van der Waals surface area contributed by atoms with E-state index >= 15 is 0 Å². The Morgan fingerprint density at radius 2 is 2.00 bits per heavy atom. The number of hydrogen-bond donors (Lipinski definition) is 2. The monoisotopic (exact) mass is 303 g/mol. The molecule has 0 saturated carbocycles. The first-order valence-electron chi connectivity index (χ1n) is 7.95. The Kier molecular flexibility index (Phi) is 5.81. The molecule has 1 aliphatic heterocycles. The summed E-state index contributed by atoms with van der Waals surface area (Å²) in [6.45, 7) is 1.56. The molecule has 22 heavy (non-hydrogen) atoms. The highest BCUT2D eigenvalue weighted by Crippen LogP contribution is 2.22. The SMILES string of the molecule is NC(=O)CCC1CCCN(C(=O)CCc2ccccc2N)C1. The molecule has 2 amide bonds. The van der Waals surface area contributed by atoms with E-state index in [2.05, 4.69) is 0 Å². The minimum absolute atomic E-state index is 0.173. The molecular formula is C17H25N3O2. The molecule has 1 heterocycles. The van der Waals surface area contributed by atoms with Gasteiger partial charge in [0.15, 0.2) is 0 Å². The molecule has 5 nitrogen and oxygen atoms in total. The summed E-state index contributed by atoms with van der Waals surface area (Å²) >= 11 is 0. The molecule has 1 aromatic carbocycles. The van der Waals surface area contributed by atoms with Gasteiger partial charge in [-0.25, -0.2) is 0 Å². The van der Waals surface area contributed by atoms with Gasteiger partial charge in [0.25, 0.3) is 0 Å². The van der Waals surface area contributed by atoms with Crippen LogP contribution in [0.3, 0.4) is 0 Å². The summed E-state index contributed by atoms with van der Waals surface area (Å²) in [4.78, 5) is 25.2. The molecule has 1 fully saturated rings. The molecule has 0 spiro atoms. The number of likely N-dealkylation sites (tertiary alicyclic amines) is 1. The molecule has 1 unspecified atom stereocenters. The van der Waals surface area contributed by atoms with Crippen molar-refractivity contribution >= 4 is 17.5 Å². The molecule has 4 N–H and O–H groups in total. The summed E-state index contributed by atoms with van der Waals surface area (Å²) < 4.78 is 0. The zero-order chi connectivity index (χ0) is 15.9. The molecule has 1 aliphatic rings. The maximum absolute atomic E-state index is 12.4. The minimum atomic E-state index is -0.261. The van der Waals surface area contributed by atoms with Crippen LogP contribution in [-0.2, 0) is 16.0 Å². The minimum Gasteiger partial charge on any atom is -0.399 e. The van der Waals surface area contributed by atoms with Crippen molar-refractivity contribution in [3.63, 3.8) is 0 Å². The van der Waals surface area contributed by atoms with Crippen molar-refractivity contribution in [2.75, 3.05) is 18.8 Å². The fourth-order valence-electron chi connectivity index (χ4n) is 3.04. The Bertz CT molecular complexity index is 530. The summed E-state index contributed by atoms with van der Waals surface area (Å²) in [5.41, 5.74) is 12.9. The number of amides is 2. The highest BCUT2D eigenvalue weighted by Gasteiger charge is 2.23. The first kappa shape index (κ1) is 16.3. The van der Waals surface area contributed by atoms with Crippen LogP contribution in [0.4, 0.5) is 5.69 Å². The molecule has 5 heteroatoms. The van der Waals surface area contributed by atoms with Crippen molar-refractivity contribution in [1.82, 2.24) is 4.90 Å². The molecule has 1 atom stereocenters. The van der Waals surface area contributed by atoms with Crippen molar-refractivity contribution in [1.29, 1.82) is 0 Å². The van der Waals surface area contributed by atoms with Crippen LogP contribution in [-0.4, -0.2) is 29.8 Å². The largest absolute Gasteiger partial charge is 0.399 e. The Hall–Kier alpha value is -2.04. The number of hydrogen-bond acceptors (Lipinski definition) is 3. The van der Waals surface area contributed by atoms with E-state index in [9.17, 15) is 9.59 Å². The number of para-hydroxylation sites is 1. The van der Waals surface area contributed by atoms with Crippen molar-refractivity contribution in [3.05, 3.63) is 29.8 Å². The van der Waals surface area contributed by atoms with Crippen LogP contribution in [0.1, 0.15) is 37.7 Å². The number of aryl methyl sites for hydroxylation is 1. The number of rotatable bonds is 6. The lowest BCUT2D eigenvalue weighted by Gasteiger charge is -2.32. The second kappa shape index (κ2) is 7.82. The number of anilines is 1. The number of nitrogens with two attached hydrogens (primary N) is 2. The average Bonchev–Trinajstić information content (AvgIpc) is 2.52. The van der Waals surface area contributed by atoms with Gasteiger partial charge in [0, 0.05) is 31.6 Å². The van der Waals surface area contributed by atoms with Crippen LogP contribution in [0.5, 0.6) is 0 Å². The summed E-state index contributed by atoms with van der Waals surface area (Å²) in [5, 5.41) is 0. The van der Waals surface area contributed by atoms with Crippen molar-refractivity contribution in [2.45, 2.75) is 38.5 Å². The third kappa shape index (κ3) is 4.76. The summed E-state index contributed by atoms with van der Waals surface area (Å²) in [7, 11) is 0. The van der Waals surface area contributed by atoms with Crippen LogP contribution in [0, 0.1) is 5.92 Å². The quantitative estimate of drug-likeness (QED) is 0.784. The fraction of sp³-hybridized carbons (Fsp3) is 0.529. The van der Waals surface area contributed by atoms with E-state index in [1.165, 1.54) is 0 Å². The van der Waals surface area contributed by atoms with Crippen LogP contribution < -0.4 is 11.5 Å². The van der Waals surface area contributed by atoms with Gasteiger partial charge in [0.05, 0.1) is 0 Å². The predicted octanol–water partition coefficient (Wildman–Crippen LogP) is 1.71. The molecule has 1 aromatic rings. The lowest BCUT2D eigenvalue weighted by molar-refractivity contribution is -0.133. The second-order valence-corrected chi connectivity index (χ2v) is 6.05. The van der Waals surface area contributed by atoms with E-state index in [1.54, 1.807) is 0 Å². The van der Waals surface area contributed by atoms with E-state index in [1.807, 2.05) is 29.2 Å². The normalized spacial score (nSPS) is 18.2. The van der Waals surface area contributed by atoms with Crippen LogP contribution in [0.15, 0.2) is 24.3 Å². The van der Waals surface area contributed by atoms with E-state index in [-0.39, 0.29) is 11.8 Å². The van der Waals surface area contributed by atoms with Crippen molar-refractivity contribution in [2.24, 2.45) is 11.7 Å². The maximum atomic E-state index is 12.4. The smallest absolute Gasteiger partial charge is 0.222 e. The van der Waals surface area contributed by atoms with E-state index in [4.69, 9.17) is 11.5 Å². The lowest BCUT2D eigenvalue weighted by Crippen LogP contribution is -2.40. The van der Waals surface area contributed by atoms with E-state index in [0.29, 0.717) is 25.2 Å². The van der Waals surface area contributed by atoms with E-state index in [0.717, 1.165) is 43.6 Å². The third-order valence-electron chi connectivity index (χ3n) is 4.33. The summed E-state index contributed by atoms with van der Waals surface area (Å²) in [6, 6.07) is 7.67. The van der Waals surface area contributed by atoms with Crippen molar-refractivity contribution in [3.8, 4) is 0 Å². The van der Waals surface area contributed by atoms with Gasteiger partial charge in [0.1, 0.15) is 0 Å². The Morgan fingerprint density at radius 1 is 1.23 bits per heavy atom. The van der Waals surface area contributed by atoms with Gasteiger partial charge in [-0.3, -0.25) is 9.59 Å². The standard InChI is InChI=1S/C17H25N3O2/c18-15-6-2-1-5-14(15)8-10-17(22)20-11-3-4-13(12-20)7-9-16(19)21/h1-2,5-6,13H,3-4,7-12,18H2,(H2,19,21).